The average Bonchev–Trinajstić information content (AvgIpc) is 2.95. The molecule has 1 aromatic heterocycles. The summed E-state index contributed by atoms with van der Waals surface area (Å²) in [6.45, 7) is 0.288. The highest BCUT2D eigenvalue weighted by atomic mass is 35.5. The van der Waals surface area contributed by atoms with Crippen LogP contribution in [0.5, 0.6) is 0 Å². The van der Waals surface area contributed by atoms with Gasteiger partial charge in [0.05, 0.1) is 18.9 Å². The molecule has 1 aliphatic heterocycles. The predicted octanol–water partition coefficient (Wildman–Crippen LogP) is 1.95. The first-order valence-corrected chi connectivity index (χ1v) is 6.06. The van der Waals surface area contributed by atoms with Gasteiger partial charge in [0.15, 0.2) is 0 Å². The first kappa shape index (κ1) is 11.8. The van der Waals surface area contributed by atoms with Crippen LogP contribution in [0.4, 0.5) is 5.69 Å². The van der Waals surface area contributed by atoms with E-state index in [1.165, 1.54) is 6.20 Å². The van der Waals surface area contributed by atoms with Gasteiger partial charge in [-0.05, 0) is 23.8 Å². The molecule has 3 rings (SSSR count). The molecule has 0 unspecified atom stereocenters. The number of anilines is 1. The summed E-state index contributed by atoms with van der Waals surface area (Å²) in [5, 5.41) is 9.57. The second-order valence-electron chi connectivity index (χ2n) is 4.27. The number of amides is 1. The minimum absolute atomic E-state index is 0.00476. The highest BCUT2D eigenvalue weighted by Crippen LogP contribution is 2.31. The van der Waals surface area contributed by atoms with Crippen LogP contribution in [-0.2, 0) is 17.9 Å². The summed E-state index contributed by atoms with van der Waals surface area (Å²) < 4.78 is 1.64. The van der Waals surface area contributed by atoms with Crippen LogP contribution < -0.4 is 4.90 Å². The predicted molar refractivity (Wildman–Crippen MR) is 69.6 cm³/mol. The highest BCUT2D eigenvalue weighted by molar-refractivity contribution is 6.30. The molecule has 1 amide bonds. The third-order valence-corrected chi connectivity index (χ3v) is 3.33. The van der Waals surface area contributed by atoms with Gasteiger partial charge in [-0.1, -0.05) is 11.6 Å². The quantitative estimate of drug-likeness (QED) is 0.839. The molecule has 19 heavy (non-hydrogen) atoms. The molecule has 0 aliphatic carbocycles. The summed E-state index contributed by atoms with van der Waals surface area (Å²) in [6.07, 6.45) is 3.36. The van der Waals surface area contributed by atoms with Crippen molar-refractivity contribution in [3.63, 3.8) is 0 Å². The van der Waals surface area contributed by atoms with Gasteiger partial charge in [0.1, 0.15) is 18.4 Å². The van der Waals surface area contributed by atoms with Crippen LogP contribution in [0.3, 0.4) is 0 Å². The largest absolute Gasteiger partial charge is 0.303 e. The van der Waals surface area contributed by atoms with Gasteiger partial charge >= 0.3 is 0 Å². The number of carbonyl (C=O) groups excluding carboxylic acids is 1. The maximum Gasteiger partial charge on any atom is 0.232 e. The Labute approximate surface area is 114 Å². The first-order chi connectivity index (χ1) is 9.19. The minimum Gasteiger partial charge on any atom is -0.303 e. The monoisotopic (exact) mass is 272 g/mol. The van der Waals surface area contributed by atoms with E-state index in [9.17, 15) is 4.79 Å². The van der Waals surface area contributed by atoms with Gasteiger partial charge in [-0.15, -0.1) is 0 Å². The van der Waals surface area contributed by atoms with Crippen LogP contribution >= 0.6 is 11.6 Å². The Morgan fingerprint density at radius 2 is 2.32 bits per heavy atom. The minimum atomic E-state index is -0.00476. The molecule has 94 valence electrons. The van der Waals surface area contributed by atoms with Gasteiger partial charge in [0, 0.05) is 10.7 Å². The summed E-state index contributed by atoms with van der Waals surface area (Å²) in [5.41, 5.74) is 2.18. The fourth-order valence-electron chi connectivity index (χ4n) is 2.19. The average molecular weight is 273 g/mol. The Morgan fingerprint density at radius 1 is 1.47 bits per heavy atom. The van der Waals surface area contributed by atoms with Gasteiger partial charge in [0.25, 0.3) is 0 Å². The second kappa shape index (κ2) is 4.41. The lowest BCUT2D eigenvalue weighted by molar-refractivity contribution is -0.117. The van der Waals surface area contributed by atoms with Crippen LogP contribution in [0.2, 0.25) is 5.02 Å². The number of fused-ring (bicyclic) bond motifs is 1. The van der Waals surface area contributed by atoms with E-state index in [1.54, 1.807) is 27.9 Å². The summed E-state index contributed by atoms with van der Waals surface area (Å²) >= 11 is 5.92. The molecule has 0 N–H and O–H groups in total. The molecule has 5 nitrogen and oxygen atoms in total. The van der Waals surface area contributed by atoms with Crippen LogP contribution in [0.1, 0.15) is 11.3 Å². The fraction of sp³-hybridized carbons (Fsp3) is 0.154. The number of nitrogens with zero attached hydrogens (tertiary/aromatic N) is 4. The lowest BCUT2D eigenvalue weighted by Gasteiger charge is -2.18. The van der Waals surface area contributed by atoms with Crippen molar-refractivity contribution in [2.24, 2.45) is 0 Å². The highest BCUT2D eigenvalue weighted by Gasteiger charge is 2.27. The van der Waals surface area contributed by atoms with E-state index in [0.717, 1.165) is 11.3 Å². The molecular formula is C13H9ClN4O. The molecule has 2 aromatic rings. The molecule has 0 radical (unpaired) electrons. The lowest BCUT2D eigenvalue weighted by Crippen LogP contribution is -2.29. The molecule has 0 spiro atoms. The third-order valence-electron chi connectivity index (χ3n) is 3.10. The Morgan fingerprint density at radius 3 is 3.11 bits per heavy atom. The summed E-state index contributed by atoms with van der Waals surface area (Å²) in [4.78, 5) is 17.6. The SMILES string of the molecule is N#Cc1cncn1CN1C(=O)Cc2cc(Cl)ccc21. The van der Waals surface area contributed by atoms with E-state index in [-0.39, 0.29) is 12.6 Å². The molecule has 1 aromatic carbocycles. The summed E-state index contributed by atoms with van der Waals surface area (Å²) in [6, 6.07) is 7.42. The number of aromatic nitrogens is 2. The Hall–Kier alpha value is -2.32. The number of imidazole rings is 1. The summed E-state index contributed by atoms with van der Waals surface area (Å²) in [7, 11) is 0. The molecule has 2 heterocycles. The van der Waals surface area contributed by atoms with E-state index >= 15 is 0 Å². The maximum atomic E-state index is 12.0. The number of hydrogen-bond acceptors (Lipinski definition) is 3. The number of benzene rings is 1. The zero-order valence-electron chi connectivity index (χ0n) is 9.88. The molecule has 6 heteroatoms. The van der Waals surface area contributed by atoms with Crippen LogP contribution in [-0.4, -0.2) is 15.5 Å². The first-order valence-electron chi connectivity index (χ1n) is 5.68. The molecule has 0 saturated heterocycles. The van der Waals surface area contributed by atoms with Gasteiger partial charge in [-0.25, -0.2) is 4.98 Å². The number of halogens is 1. The Balaban J connectivity index is 1.95. The molecule has 0 fully saturated rings. The van der Waals surface area contributed by atoms with Gasteiger partial charge in [-0.3, -0.25) is 9.69 Å². The van der Waals surface area contributed by atoms with E-state index in [4.69, 9.17) is 16.9 Å². The number of hydrogen-bond donors (Lipinski definition) is 0. The van der Waals surface area contributed by atoms with Crippen molar-refractivity contribution >= 4 is 23.2 Å². The second-order valence-corrected chi connectivity index (χ2v) is 4.71. The normalized spacial score (nSPS) is 13.5. The van der Waals surface area contributed by atoms with E-state index < -0.39 is 0 Å². The fourth-order valence-corrected chi connectivity index (χ4v) is 2.38. The van der Waals surface area contributed by atoms with Crippen LogP contribution in [0, 0.1) is 11.3 Å². The van der Waals surface area contributed by atoms with Crippen molar-refractivity contribution in [1.29, 1.82) is 5.26 Å². The van der Waals surface area contributed by atoms with Crippen molar-refractivity contribution < 1.29 is 4.79 Å². The number of carbonyl (C=O) groups is 1. The van der Waals surface area contributed by atoms with Crippen LogP contribution in [0.25, 0.3) is 0 Å². The zero-order chi connectivity index (χ0) is 13.4. The standard InChI is InChI=1S/C13H9ClN4O/c14-10-1-2-12-9(3-10)4-13(19)18(12)8-17-7-16-6-11(17)5-15/h1-3,6-7H,4,8H2. The van der Waals surface area contributed by atoms with Gasteiger partial charge in [0.2, 0.25) is 5.91 Å². The lowest BCUT2D eigenvalue weighted by atomic mass is 10.2. The molecular weight excluding hydrogens is 264 g/mol. The molecule has 0 atom stereocenters. The van der Waals surface area contributed by atoms with Crippen LogP contribution in [0.15, 0.2) is 30.7 Å². The topological polar surface area (TPSA) is 61.9 Å². The summed E-state index contributed by atoms with van der Waals surface area (Å²) in [5.74, 6) is -0.00476. The van der Waals surface area contributed by atoms with Crippen molar-refractivity contribution in [2.75, 3.05) is 4.90 Å². The third kappa shape index (κ3) is 1.96. The maximum absolute atomic E-state index is 12.0. The molecule has 1 aliphatic rings. The Bertz CT molecular complexity index is 701. The zero-order valence-corrected chi connectivity index (χ0v) is 10.6. The van der Waals surface area contributed by atoms with E-state index in [2.05, 4.69) is 4.98 Å². The van der Waals surface area contributed by atoms with E-state index in [0.29, 0.717) is 17.1 Å². The van der Waals surface area contributed by atoms with Crippen molar-refractivity contribution in [3.8, 4) is 6.07 Å². The molecule has 0 bridgehead atoms. The van der Waals surface area contributed by atoms with Gasteiger partial charge < -0.3 is 4.57 Å². The van der Waals surface area contributed by atoms with Crippen molar-refractivity contribution in [2.45, 2.75) is 13.1 Å². The Kier molecular flexibility index (Phi) is 2.73. The van der Waals surface area contributed by atoms with E-state index in [1.807, 2.05) is 12.1 Å². The number of nitriles is 1. The smallest absolute Gasteiger partial charge is 0.232 e. The van der Waals surface area contributed by atoms with Gasteiger partial charge in [-0.2, -0.15) is 5.26 Å². The molecule has 0 saturated carbocycles. The van der Waals surface area contributed by atoms with Crippen molar-refractivity contribution in [1.82, 2.24) is 9.55 Å². The number of rotatable bonds is 2. The van der Waals surface area contributed by atoms with Crippen molar-refractivity contribution in [3.05, 3.63) is 47.0 Å².